The van der Waals surface area contributed by atoms with E-state index in [-0.39, 0.29) is 18.0 Å². The van der Waals surface area contributed by atoms with Gasteiger partial charge in [-0.3, -0.25) is 14.8 Å². The summed E-state index contributed by atoms with van der Waals surface area (Å²) in [5.74, 6) is 0.554. The third-order valence-electron chi connectivity index (χ3n) is 4.14. The minimum atomic E-state index is -0.291. The molecule has 0 aliphatic carbocycles. The van der Waals surface area contributed by atoms with Gasteiger partial charge in [0.2, 0.25) is 0 Å². The summed E-state index contributed by atoms with van der Waals surface area (Å²) in [4.78, 5) is 28.0. The van der Waals surface area contributed by atoms with E-state index in [1.165, 1.54) is 0 Å². The lowest BCUT2D eigenvalue weighted by Crippen LogP contribution is -2.53. The zero-order chi connectivity index (χ0) is 16.4. The van der Waals surface area contributed by atoms with Crippen LogP contribution in [0.3, 0.4) is 0 Å². The summed E-state index contributed by atoms with van der Waals surface area (Å²) in [6.45, 7) is 2.77. The monoisotopic (exact) mass is 385 g/mol. The second-order valence-electron chi connectivity index (χ2n) is 5.72. The lowest BCUT2D eigenvalue weighted by atomic mass is 10.2. The number of nitrogens with one attached hydrogen (secondary N) is 1. The van der Waals surface area contributed by atoms with Crippen LogP contribution >= 0.6 is 15.9 Å². The van der Waals surface area contributed by atoms with Gasteiger partial charge in [0, 0.05) is 45.9 Å². The first kappa shape index (κ1) is 16.3. The van der Waals surface area contributed by atoms with Crippen molar-refractivity contribution in [2.24, 2.45) is 7.05 Å². The van der Waals surface area contributed by atoms with Crippen LogP contribution in [-0.2, 0) is 16.6 Å². The molecule has 1 aromatic rings. The molecule has 2 fully saturated rings. The Hall–Kier alpha value is -1.61. The first-order valence-electron chi connectivity index (χ1n) is 7.70. The molecule has 126 valence electrons. The van der Waals surface area contributed by atoms with Gasteiger partial charge in [0.1, 0.15) is 10.7 Å². The van der Waals surface area contributed by atoms with E-state index in [0.29, 0.717) is 38.6 Å². The molecule has 3 amide bonds. The lowest BCUT2D eigenvalue weighted by molar-refractivity contribution is -0.142. The number of piperazine rings is 1. The summed E-state index contributed by atoms with van der Waals surface area (Å²) in [7, 11) is 1.79. The number of aromatic nitrogens is 2. The fourth-order valence-electron chi connectivity index (χ4n) is 2.80. The highest BCUT2D eigenvalue weighted by Crippen LogP contribution is 2.17. The van der Waals surface area contributed by atoms with Crippen LogP contribution in [0.25, 0.3) is 0 Å². The van der Waals surface area contributed by atoms with Crippen molar-refractivity contribution in [1.82, 2.24) is 19.6 Å². The third-order valence-corrected chi connectivity index (χ3v) is 4.88. The molecule has 2 saturated heterocycles. The van der Waals surface area contributed by atoms with E-state index in [9.17, 15) is 9.59 Å². The molecular formula is C14H20BrN5O3. The molecule has 2 aliphatic rings. The van der Waals surface area contributed by atoms with Crippen LogP contribution in [-0.4, -0.2) is 70.4 Å². The molecule has 2 aliphatic heterocycles. The summed E-state index contributed by atoms with van der Waals surface area (Å²) < 4.78 is 7.86. The Labute approximate surface area is 142 Å². The van der Waals surface area contributed by atoms with Crippen LogP contribution in [0, 0.1) is 0 Å². The van der Waals surface area contributed by atoms with Crippen LogP contribution in [0.1, 0.15) is 12.8 Å². The van der Waals surface area contributed by atoms with Crippen LogP contribution in [0.2, 0.25) is 0 Å². The molecule has 0 unspecified atom stereocenters. The summed E-state index contributed by atoms with van der Waals surface area (Å²) >= 11 is 3.34. The standard InChI is InChI=1S/C14H20BrN5O3/c1-18-11(15)9-12(17-18)16-14(22)20-6-4-19(5-7-20)13(21)10-3-2-8-23-10/h9-10H,2-8H2,1H3,(H,16,17,22)/t10-/m1/s1. The predicted octanol–water partition coefficient (Wildman–Crippen LogP) is 1.04. The van der Waals surface area contributed by atoms with Gasteiger partial charge in [0.15, 0.2) is 5.82 Å². The maximum atomic E-state index is 12.3. The second kappa shape index (κ2) is 6.88. The Bertz CT molecular complexity index is 572. The minimum Gasteiger partial charge on any atom is -0.368 e. The molecule has 0 aromatic carbocycles. The van der Waals surface area contributed by atoms with Gasteiger partial charge < -0.3 is 14.5 Å². The zero-order valence-corrected chi connectivity index (χ0v) is 14.6. The Morgan fingerprint density at radius 3 is 2.57 bits per heavy atom. The average Bonchev–Trinajstić information content (AvgIpc) is 3.17. The molecule has 1 atom stereocenters. The van der Waals surface area contributed by atoms with Crippen molar-refractivity contribution < 1.29 is 14.3 Å². The molecule has 3 rings (SSSR count). The molecule has 0 bridgehead atoms. The molecule has 0 spiro atoms. The molecule has 1 aromatic heterocycles. The van der Waals surface area contributed by atoms with Crippen LogP contribution in [0.5, 0.6) is 0 Å². The number of nitrogens with zero attached hydrogens (tertiary/aromatic N) is 4. The van der Waals surface area contributed by atoms with Crippen LogP contribution in [0.15, 0.2) is 10.7 Å². The molecule has 1 N–H and O–H groups in total. The number of halogens is 1. The van der Waals surface area contributed by atoms with Gasteiger partial charge in [0.05, 0.1) is 0 Å². The number of hydrogen-bond acceptors (Lipinski definition) is 4. The van der Waals surface area contributed by atoms with Crippen molar-refractivity contribution in [3.05, 3.63) is 10.7 Å². The maximum absolute atomic E-state index is 12.3. The molecule has 0 saturated carbocycles. The largest absolute Gasteiger partial charge is 0.368 e. The summed E-state index contributed by atoms with van der Waals surface area (Å²) in [5, 5.41) is 6.94. The second-order valence-corrected chi connectivity index (χ2v) is 6.53. The molecular weight excluding hydrogens is 366 g/mol. The van der Waals surface area contributed by atoms with E-state index in [1.807, 2.05) is 0 Å². The number of ether oxygens (including phenoxy) is 1. The van der Waals surface area contributed by atoms with E-state index in [1.54, 1.807) is 27.6 Å². The smallest absolute Gasteiger partial charge is 0.323 e. The van der Waals surface area contributed by atoms with Gasteiger partial charge in [-0.25, -0.2) is 4.79 Å². The summed E-state index contributed by atoms with van der Waals surface area (Å²) in [6, 6.07) is 1.55. The third kappa shape index (κ3) is 3.66. The van der Waals surface area contributed by atoms with Crippen molar-refractivity contribution in [1.29, 1.82) is 0 Å². The van der Waals surface area contributed by atoms with E-state index < -0.39 is 0 Å². The van der Waals surface area contributed by atoms with Crippen molar-refractivity contribution >= 4 is 33.7 Å². The number of hydrogen-bond donors (Lipinski definition) is 1. The fourth-order valence-corrected chi connectivity index (χ4v) is 3.10. The van der Waals surface area contributed by atoms with Crippen molar-refractivity contribution in [3.8, 4) is 0 Å². The van der Waals surface area contributed by atoms with Gasteiger partial charge in [0.25, 0.3) is 5.91 Å². The van der Waals surface area contributed by atoms with E-state index in [0.717, 1.165) is 17.4 Å². The molecule has 9 heteroatoms. The van der Waals surface area contributed by atoms with Crippen molar-refractivity contribution in [2.75, 3.05) is 38.1 Å². The average molecular weight is 386 g/mol. The topological polar surface area (TPSA) is 79.7 Å². The van der Waals surface area contributed by atoms with Gasteiger partial charge >= 0.3 is 6.03 Å². The fraction of sp³-hybridized carbons (Fsp3) is 0.643. The number of carbonyl (C=O) groups is 2. The Balaban J connectivity index is 1.50. The highest BCUT2D eigenvalue weighted by atomic mass is 79.9. The van der Waals surface area contributed by atoms with Crippen LogP contribution < -0.4 is 5.32 Å². The predicted molar refractivity (Wildman–Crippen MR) is 87.1 cm³/mol. The lowest BCUT2D eigenvalue weighted by Gasteiger charge is -2.35. The highest BCUT2D eigenvalue weighted by molar-refractivity contribution is 9.10. The Morgan fingerprint density at radius 1 is 1.30 bits per heavy atom. The normalized spacial score (nSPS) is 21.6. The molecule has 3 heterocycles. The number of aryl methyl sites for hydroxylation is 1. The van der Waals surface area contributed by atoms with E-state index >= 15 is 0 Å². The Kier molecular flexibility index (Phi) is 4.86. The maximum Gasteiger partial charge on any atom is 0.323 e. The van der Waals surface area contributed by atoms with Gasteiger partial charge in [-0.15, -0.1) is 0 Å². The first-order chi connectivity index (χ1) is 11.0. The van der Waals surface area contributed by atoms with E-state index in [4.69, 9.17) is 4.74 Å². The van der Waals surface area contributed by atoms with Crippen molar-refractivity contribution in [2.45, 2.75) is 18.9 Å². The number of urea groups is 1. The number of amides is 3. The summed E-state index contributed by atoms with van der Waals surface area (Å²) in [6.07, 6.45) is 1.45. The first-order valence-corrected chi connectivity index (χ1v) is 8.50. The van der Waals surface area contributed by atoms with Gasteiger partial charge in [-0.1, -0.05) is 0 Å². The van der Waals surface area contributed by atoms with Gasteiger partial charge in [-0.2, -0.15) is 5.10 Å². The Morgan fingerprint density at radius 2 is 2.00 bits per heavy atom. The molecule has 23 heavy (non-hydrogen) atoms. The molecule has 8 nitrogen and oxygen atoms in total. The summed E-state index contributed by atoms with van der Waals surface area (Å²) in [5.41, 5.74) is 0. The number of rotatable bonds is 2. The van der Waals surface area contributed by atoms with Crippen molar-refractivity contribution in [3.63, 3.8) is 0 Å². The SMILES string of the molecule is Cn1nc(NC(=O)N2CCN(C(=O)[C@H]3CCCO3)CC2)cc1Br. The number of carbonyl (C=O) groups excluding carboxylic acids is 2. The highest BCUT2D eigenvalue weighted by Gasteiger charge is 2.31. The van der Waals surface area contributed by atoms with Gasteiger partial charge in [-0.05, 0) is 28.8 Å². The van der Waals surface area contributed by atoms with Crippen LogP contribution in [0.4, 0.5) is 10.6 Å². The van der Waals surface area contributed by atoms with E-state index in [2.05, 4.69) is 26.3 Å². The quantitative estimate of drug-likeness (QED) is 0.824. The zero-order valence-electron chi connectivity index (χ0n) is 13.0. The minimum absolute atomic E-state index is 0.0521. The number of anilines is 1. The molecule has 0 radical (unpaired) electrons.